The van der Waals surface area contributed by atoms with E-state index in [0.29, 0.717) is 23.5 Å². The molecule has 0 radical (unpaired) electrons. The largest absolute Gasteiger partial charge is 0.482 e. The molecule has 1 heterocycles. The number of aryl methyl sites for hydroxylation is 1. The highest BCUT2D eigenvalue weighted by Crippen LogP contribution is 2.34. The van der Waals surface area contributed by atoms with Crippen molar-refractivity contribution in [2.75, 3.05) is 29.9 Å². The molecule has 3 aromatic rings. The first-order chi connectivity index (χ1) is 16.8. The van der Waals surface area contributed by atoms with Gasteiger partial charge in [-0.25, -0.2) is 13.2 Å². The number of nitrogens with one attached hydrogen (secondary N) is 1. The van der Waals surface area contributed by atoms with Crippen LogP contribution < -0.4 is 14.4 Å². The van der Waals surface area contributed by atoms with Crippen LogP contribution in [0.1, 0.15) is 22.3 Å². The zero-order valence-corrected chi connectivity index (χ0v) is 20.4. The predicted octanol–water partition coefficient (Wildman–Crippen LogP) is 4.29. The lowest BCUT2D eigenvalue weighted by Crippen LogP contribution is -2.35. The van der Waals surface area contributed by atoms with E-state index in [4.69, 9.17) is 16.3 Å². The minimum absolute atomic E-state index is 0.0432. The number of ether oxygens (including phenoxy) is 2. The number of carbonyl (C=O) groups excluding carboxylic acids is 2. The fourth-order valence-electron chi connectivity index (χ4n) is 3.78. The first-order valence-corrected chi connectivity index (χ1v) is 12.6. The van der Waals surface area contributed by atoms with Crippen molar-refractivity contribution in [2.24, 2.45) is 0 Å². The SMILES string of the molecule is COC(=O)c1ccc(NC(=O)COc2ccc(S(=O)(=O)N3CCCc4ccccc43)cc2Cl)cc1. The quantitative estimate of drug-likeness (QED) is 0.472. The average molecular weight is 515 g/mol. The molecule has 0 bridgehead atoms. The number of nitrogens with zero attached hydrogens (tertiary/aromatic N) is 1. The maximum Gasteiger partial charge on any atom is 0.337 e. The molecule has 182 valence electrons. The highest BCUT2D eigenvalue weighted by Gasteiger charge is 2.29. The van der Waals surface area contributed by atoms with Crippen LogP contribution in [0.5, 0.6) is 5.75 Å². The van der Waals surface area contributed by atoms with Gasteiger partial charge in [0.05, 0.1) is 28.3 Å². The van der Waals surface area contributed by atoms with Crippen LogP contribution in [0.15, 0.2) is 71.6 Å². The summed E-state index contributed by atoms with van der Waals surface area (Å²) in [7, 11) is -2.53. The third kappa shape index (κ3) is 5.41. The molecule has 0 fully saturated rings. The number of hydrogen-bond acceptors (Lipinski definition) is 6. The van der Waals surface area contributed by atoms with Crippen LogP contribution in [0.25, 0.3) is 0 Å². The zero-order valence-electron chi connectivity index (χ0n) is 18.9. The fraction of sp³-hybridized carbons (Fsp3) is 0.200. The predicted molar refractivity (Wildman–Crippen MR) is 133 cm³/mol. The van der Waals surface area contributed by atoms with Crippen molar-refractivity contribution >= 4 is 44.9 Å². The second-order valence-electron chi connectivity index (χ2n) is 7.81. The maximum absolute atomic E-state index is 13.3. The van der Waals surface area contributed by atoms with E-state index in [9.17, 15) is 18.0 Å². The van der Waals surface area contributed by atoms with Gasteiger partial charge in [-0.3, -0.25) is 9.10 Å². The first-order valence-electron chi connectivity index (χ1n) is 10.8. The van der Waals surface area contributed by atoms with E-state index in [2.05, 4.69) is 10.1 Å². The summed E-state index contributed by atoms with van der Waals surface area (Å²) in [5, 5.41) is 2.72. The Labute approximate surface area is 208 Å². The molecule has 1 aliphatic heterocycles. The number of carbonyl (C=O) groups is 2. The summed E-state index contributed by atoms with van der Waals surface area (Å²) < 4.78 is 38.1. The molecule has 0 atom stereocenters. The van der Waals surface area contributed by atoms with Crippen LogP contribution in [0, 0.1) is 0 Å². The molecule has 0 spiro atoms. The van der Waals surface area contributed by atoms with Crippen molar-refractivity contribution in [3.63, 3.8) is 0 Å². The van der Waals surface area contributed by atoms with Gasteiger partial charge in [0.15, 0.2) is 6.61 Å². The number of para-hydroxylation sites is 1. The van der Waals surface area contributed by atoms with Gasteiger partial charge >= 0.3 is 5.97 Å². The number of halogens is 1. The zero-order chi connectivity index (χ0) is 25.0. The summed E-state index contributed by atoms with van der Waals surface area (Å²) in [6.45, 7) is 0.0417. The van der Waals surface area contributed by atoms with Gasteiger partial charge in [0, 0.05) is 12.2 Å². The van der Waals surface area contributed by atoms with Gasteiger partial charge in [-0.2, -0.15) is 0 Å². The van der Waals surface area contributed by atoms with Gasteiger partial charge in [-0.1, -0.05) is 29.8 Å². The molecule has 8 nitrogen and oxygen atoms in total. The van der Waals surface area contributed by atoms with E-state index in [1.54, 1.807) is 18.2 Å². The van der Waals surface area contributed by atoms with Crippen LogP contribution in [0.2, 0.25) is 5.02 Å². The molecule has 0 aliphatic carbocycles. The minimum Gasteiger partial charge on any atom is -0.482 e. The summed E-state index contributed by atoms with van der Waals surface area (Å²) in [5.41, 5.74) is 2.49. The Balaban J connectivity index is 1.41. The maximum atomic E-state index is 13.3. The van der Waals surface area contributed by atoms with E-state index < -0.39 is 21.9 Å². The van der Waals surface area contributed by atoms with Gasteiger partial charge in [-0.15, -0.1) is 0 Å². The normalized spacial score (nSPS) is 13.0. The lowest BCUT2D eigenvalue weighted by Gasteiger charge is -2.30. The van der Waals surface area contributed by atoms with Crippen molar-refractivity contribution in [1.82, 2.24) is 0 Å². The summed E-state index contributed by atoms with van der Waals surface area (Å²) >= 11 is 6.30. The average Bonchev–Trinajstić information content (AvgIpc) is 2.87. The van der Waals surface area contributed by atoms with Gasteiger partial charge < -0.3 is 14.8 Å². The van der Waals surface area contributed by atoms with Crippen LogP contribution in [0.3, 0.4) is 0 Å². The van der Waals surface area contributed by atoms with E-state index in [-0.39, 0.29) is 22.3 Å². The lowest BCUT2D eigenvalue weighted by atomic mass is 10.0. The summed E-state index contributed by atoms with van der Waals surface area (Å²) in [5.74, 6) is -0.745. The van der Waals surface area contributed by atoms with Crippen molar-refractivity contribution < 1.29 is 27.5 Å². The van der Waals surface area contributed by atoms with Crippen molar-refractivity contribution in [3.05, 3.63) is 82.9 Å². The highest BCUT2D eigenvalue weighted by atomic mass is 35.5. The van der Waals surface area contributed by atoms with Crippen LogP contribution in [-0.2, 0) is 26.0 Å². The van der Waals surface area contributed by atoms with E-state index in [1.165, 1.54) is 41.7 Å². The Hall–Kier alpha value is -3.56. The monoisotopic (exact) mass is 514 g/mol. The molecule has 0 aromatic heterocycles. The van der Waals surface area contributed by atoms with Gasteiger partial charge in [0.1, 0.15) is 5.75 Å². The standard InChI is InChI=1S/C25H23ClN2O6S/c1-33-25(30)18-8-10-19(11-9-18)27-24(29)16-34-23-13-12-20(15-21(23)26)35(31,32)28-14-4-6-17-5-2-3-7-22(17)28/h2-3,5,7-13,15H,4,6,14,16H2,1H3,(H,27,29). The van der Waals surface area contributed by atoms with E-state index >= 15 is 0 Å². The van der Waals surface area contributed by atoms with Crippen molar-refractivity contribution in [2.45, 2.75) is 17.7 Å². The van der Waals surface area contributed by atoms with Gasteiger partial charge in [-0.05, 0) is 66.9 Å². The molecule has 1 amide bonds. The third-order valence-corrected chi connectivity index (χ3v) is 7.61. The molecular weight excluding hydrogens is 492 g/mol. The van der Waals surface area contributed by atoms with Crippen LogP contribution >= 0.6 is 11.6 Å². The molecular formula is C25H23ClN2O6S. The smallest absolute Gasteiger partial charge is 0.337 e. The number of sulfonamides is 1. The van der Waals surface area contributed by atoms with Gasteiger partial charge in [0.25, 0.3) is 15.9 Å². The first kappa shape index (κ1) is 24.6. The number of fused-ring (bicyclic) bond motifs is 1. The second kappa shape index (κ2) is 10.4. The molecule has 10 heteroatoms. The summed E-state index contributed by atoms with van der Waals surface area (Å²) in [6, 6.07) is 17.8. The Kier molecular flexibility index (Phi) is 7.28. The summed E-state index contributed by atoms with van der Waals surface area (Å²) in [4.78, 5) is 23.8. The number of anilines is 2. The number of rotatable bonds is 7. The lowest BCUT2D eigenvalue weighted by molar-refractivity contribution is -0.118. The summed E-state index contributed by atoms with van der Waals surface area (Å²) in [6.07, 6.45) is 1.55. The fourth-order valence-corrected chi connectivity index (χ4v) is 5.65. The number of methoxy groups -OCH3 is 1. The molecule has 0 saturated carbocycles. The van der Waals surface area contributed by atoms with Crippen molar-refractivity contribution in [3.8, 4) is 5.75 Å². The molecule has 1 N–H and O–H groups in total. The van der Waals surface area contributed by atoms with Crippen LogP contribution in [-0.4, -0.2) is 40.6 Å². The molecule has 4 rings (SSSR count). The molecule has 0 unspecified atom stereocenters. The Morgan fingerprint density at radius 1 is 1.06 bits per heavy atom. The Bertz CT molecular complexity index is 1360. The Morgan fingerprint density at radius 3 is 2.51 bits per heavy atom. The minimum atomic E-state index is -3.82. The molecule has 35 heavy (non-hydrogen) atoms. The molecule has 1 aliphatic rings. The van der Waals surface area contributed by atoms with E-state index in [0.717, 1.165) is 18.4 Å². The van der Waals surface area contributed by atoms with Gasteiger partial charge in [0.2, 0.25) is 0 Å². The number of amides is 1. The highest BCUT2D eigenvalue weighted by molar-refractivity contribution is 7.92. The second-order valence-corrected chi connectivity index (χ2v) is 10.1. The number of benzene rings is 3. The third-order valence-electron chi connectivity index (χ3n) is 5.51. The van der Waals surface area contributed by atoms with Crippen molar-refractivity contribution in [1.29, 1.82) is 0 Å². The molecule has 3 aromatic carbocycles. The molecule has 0 saturated heterocycles. The topological polar surface area (TPSA) is 102 Å². The number of esters is 1. The Morgan fingerprint density at radius 2 is 1.80 bits per heavy atom. The van der Waals surface area contributed by atoms with E-state index in [1.807, 2.05) is 18.2 Å². The van der Waals surface area contributed by atoms with Crippen LogP contribution in [0.4, 0.5) is 11.4 Å². The number of hydrogen-bond donors (Lipinski definition) is 1.